The van der Waals surface area contributed by atoms with Gasteiger partial charge in [0, 0.05) is 43.8 Å². The van der Waals surface area contributed by atoms with Crippen LogP contribution in [0.15, 0.2) is 36.4 Å². The zero-order valence-electron chi connectivity index (χ0n) is 30.2. The van der Waals surface area contributed by atoms with Gasteiger partial charge in [0.1, 0.15) is 18.7 Å². The van der Waals surface area contributed by atoms with Crippen LogP contribution in [-0.2, 0) is 63.9 Å². The van der Waals surface area contributed by atoms with Crippen molar-refractivity contribution in [3.05, 3.63) is 42.0 Å². The molecule has 6 amide bonds. The predicted molar refractivity (Wildman–Crippen MR) is 186 cm³/mol. The first kappa shape index (κ1) is 43.5. The Labute approximate surface area is 303 Å². The molecular formula is C35H51N5O12. The molecule has 1 heterocycles. The van der Waals surface area contributed by atoms with Crippen LogP contribution in [0.1, 0.15) is 46.1 Å². The fourth-order valence-corrected chi connectivity index (χ4v) is 4.18. The minimum absolute atomic E-state index is 0.0213. The monoisotopic (exact) mass is 733 g/mol. The van der Waals surface area contributed by atoms with E-state index in [1.54, 1.807) is 38.1 Å². The number of hydrogen-bond acceptors (Lipinski definition) is 12. The lowest BCUT2D eigenvalue weighted by atomic mass is 10.2. The topological polar surface area (TPSA) is 217 Å². The maximum Gasteiger partial charge on any atom is 0.308 e. The Bertz CT molecular complexity index is 1350. The van der Waals surface area contributed by atoms with E-state index in [1.807, 2.05) is 0 Å². The number of amides is 6. The van der Waals surface area contributed by atoms with Gasteiger partial charge < -0.3 is 45.0 Å². The summed E-state index contributed by atoms with van der Waals surface area (Å²) in [7, 11) is 0. The molecule has 0 saturated carbocycles. The Morgan fingerprint density at radius 3 is 1.77 bits per heavy atom. The summed E-state index contributed by atoms with van der Waals surface area (Å²) >= 11 is 0. The molecule has 0 unspecified atom stereocenters. The standard InChI is InChI=1S/C35H51N5O12/c1-24(2)35(47)52-23-27-5-7-28(8-6-27)39-34(46)26(4)38-33(45)25(3)37-30(42)12-15-48-17-19-50-21-22-51-20-18-49-16-13-36-29(41)11-14-40-31(43)9-10-32(40)44/h5-10,24-26H,11-23H2,1-4H3,(H,36,41)(H,37,42)(H,38,45)(H,39,46)/t25-,26-/m0/s1. The molecule has 1 aromatic carbocycles. The molecule has 0 radical (unpaired) electrons. The Hall–Kier alpha value is -4.71. The molecular weight excluding hydrogens is 682 g/mol. The van der Waals surface area contributed by atoms with Crippen LogP contribution in [0.5, 0.6) is 0 Å². The van der Waals surface area contributed by atoms with E-state index in [0.717, 1.165) is 10.5 Å². The molecule has 0 bridgehead atoms. The highest BCUT2D eigenvalue weighted by molar-refractivity contribution is 6.13. The van der Waals surface area contributed by atoms with Gasteiger partial charge in [0.2, 0.25) is 23.6 Å². The van der Waals surface area contributed by atoms with Crippen LogP contribution in [0.25, 0.3) is 0 Å². The molecule has 288 valence electrons. The second kappa shape index (κ2) is 24.5. The van der Waals surface area contributed by atoms with Gasteiger partial charge in [0.25, 0.3) is 11.8 Å². The Balaban J connectivity index is 1.41. The minimum Gasteiger partial charge on any atom is -0.461 e. The predicted octanol–water partition coefficient (Wildman–Crippen LogP) is 0.222. The first-order valence-corrected chi connectivity index (χ1v) is 17.1. The van der Waals surface area contributed by atoms with E-state index in [4.69, 9.17) is 23.7 Å². The highest BCUT2D eigenvalue weighted by Gasteiger charge is 2.24. The zero-order valence-corrected chi connectivity index (χ0v) is 30.2. The number of hydrogen-bond donors (Lipinski definition) is 4. The van der Waals surface area contributed by atoms with Gasteiger partial charge in [-0.3, -0.25) is 38.5 Å². The Morgan fingerprint density at radius 1 is 0.654 bits per heavy atom. The van der Waals surface area contributed by atoms with Crippen molar-refractivity contribution in [1.29, 1.82) is 0 Å². The largest absolute Gasteiger partial charge is 0.461 e. The van der Waals surface area contributed by atoms with Gasteiger partial charge in [-0.25, -0.2) is 0 Å². The smallest absolute Gasteiger partial charge is 0.308 e. The van der Waals surface area contributed by atoms with Crippen molar-refractivity contribution in [2.24, 2.45) is 5.92 Å². The lowest BCUT2D eigenvalue weighted by Crippen LogP contribution is -2.50. The van der Waals surface area contributed by atoms with Crippen LogP contribution in [0, 0.1) is 5.92 Å². The number of nitrogens with one attached hydrogen (secondary N) is 4. The molecule has 2 rings (SSSR count). The van der Waals surface area contributed by atoms with Gasteiger partial charge in [-0.1, -0.05) is 26.0 Å². The van der Waals surface area contributed by atoms with E-state index in [2.05, 4.69) is 21.3 Å². The van der Waals surface area contributed by atoms with Crippen molar-refractivity contribution in [2.75, 3.05) is 71.3 Å². The summed E-state index contributed by atoms with van der Waals surface area (Å²) in [4.78, 5) is 84.7. The van der Waals surface area contributed by atoms with Gasteiger partial charge in [0.15, 0.2) is 0 Å². The molecule has 2 atom stereocenters. The molecule has 1 aliphatic rings. The van der Waals surface area contributed by atoms with Gasteiger partial charge >= 0.3 is 5.97 Å². The number of anilines is 1. The normalized spacial score (nSPS) is 13.5. The molecule has 17 heteroatoms. The second-order valence-corrected chi connectivity index (χ2v) is 11.9. The Kier molecular flexibility index (Phi) is 20.4. The zero-order chi connectivity index (χ0) is 38.3. The third kappa shape index (κ3) is 18.0. The fourth-order valence-electron chi connectivity index (χ4n) is 4.18. The number of ether oxygens (including phenoxy) is 5. The average molecular weight is 734 g/mol. The highest BCUT2D eigenvalue weighted by atomic mass is 16.6. The molecule has 0 aromatic heterocycles. The van der Waals surface area contributed by atoms with Crippen LogP contribution in [0.4, 0.5) is 5.69 Å². The highest BCUT2D eigenvalue weighted by Crippen LogP contribution is 2.12. The quantitative estimate of drug-likeness (QED) is 0.0572. The minimum atomic E-state index is -0.874. The van der Waals surface area contributed by atoms with Crippen LogP contribution >= 0.6 is 0 Å². The molecule has 0 aliphatic carbocycles. The number of carbonyl (C=O) groups excluding carboxylic acids is 7. The van der Waals surface area contributed by atoms with Gasteiger partial charge in [-0.05, 0) is 31.5 Å². The second-order valence-electron chi connectivity index (χ2n) is 11.9. The van der Waals surface area contributed by atoms with Crippen molar-refractivity contribution in [2.45, 2.75) is 59.2 Å². The summed E-state index contributed by atoms with van der Waals surface area (Å²) in [5.41, 5.74) is 1.28. The third-order valence-electron chi connectivity index (χ3n) is 7.22. The maximum absolute atomic E-state index is 12.6. The fraction of sp³-hybridized carbons (Fsp3) is 0.571. The summed E-state index contributed by atoms with van der Waals surface area (Å²) < 4.78 is 26.8. The van der Waals surface area contributed by atoms with Crippen molar-refractivity contribution in [1.82, 2.24) is 20.9 Å². The van der Waals surface area contributed by atoms with E-state index in [-0.39, 0.29) is 76.1 Å². The van der Waals surface area contributed by atoms with E-state index in [0.29, 0.717) is 38.7 Å². The molecule has 1 aromatic rings. The summed E-state index contributed by atoms with van der Waals surface area (Å²) in [6.07, 6.45) is 2.40. The number of nitrogens with zero attached hydrogens (tertiary/aromatic N) is 1. The van der Waals surface area contributed by atoms with Crippen molar-refractivity contribution in [3.8, 4) is 0 Å². The summed E-state index contributed by atoms with van der Waals surface area (Å²) in [6, 6.07) is 5.04. The van der Waals surface area contributed by atoms with E-state index in [9.17, 15) is 33.6 Å². The van der Waals surface area contributed by atoms with Gasteiger partial charge in [-0.2, -0.15) is 0 Å². The van der Waals surface area contributed by atoms with Crippen molar-refractivity contribution >= 4 is 47.1 Å². The lowest BCUT2D eigenvalue weighted by Gasteiger charge is -2.18. The molecule has 0 fully saturated rings. The number of benzene rings is 1. The third-order valence-corrected chi connectivity index (χ3v) is 7.22. The molecule has 0 saturated heterocycles. The van der Waals surface area contributed by atoms with Gasteiger partial charge in [-0.15, -0.1) is 0 Å². The number of esters is 1. The first-order chi connectivity index (χ1) is 24.9. The van der Waals surface area contributed by atoms with Crippen LogP contribution in [0.3, 0.4) is 0 Å². The van der Waals surface area contributed by atoms with E-state index in [1.165, 1.54) is 26.0 Å². The SMILES string of the molecule is CC(C)C(=O)OCc1ccc(NC(=O)[C@H](C)NC(=O)[C@H](C)NC(=O)CCOCCOCCOCCOCCNC(=O)CCN2C(=O)C=CC2=O)cc1. The van der Waals surface area contributed by atoms with Crippen LogP contribution in [-0.4, -0.2) is 124 Å². The number of carbonyl (C=O) groups is 7. The van der Waals surface area contributed by atoms with Crippen LogP contribution in [0.2, 0.25) is 0 Å². The van der Waals surface area contributed by atoms with Gasteiger partial charge in [0.05, 0.1) is 58.8 Å². The molecule has 17 nitrogen and oxygen atoms in total. The van der Waals surface area contributed by atoms with E-state index >= 15 is 0 Å². The first-order valence-electron chi connectivity index (χ1n) is 17.1. The average Bonchev–Trinajstić information content (AvgIpc) is 3.44. The molecule has 4 N–H and O–H groups in total. The Morgan fingerprint density at radius 2 is 1.19 bits per heavy atom. The lowest BCUT2D eigenvalue weighted by molar-refractivity contribution is -0.148. The molecule has 0 spiro atoms. The summed E-state index contributed by atoms with van der Waals surface area (Å²) in [5, 5.41) is 10.5. The number of imide groups is 1. The maximum atomic E-state index is 12.6. The molecule has 52 heavy (non-hydrogen) atoms. The molecule has 1 aliphatic heterocycles. The summed E-state index contributed by atoms with van der Waals surface area (Å²) in [6.45, 7) is 9.32. The van der Waals surface area contributed by atoms with Crippen molar-refractivity contribution in [3.63, 3.8) is 0 Å². The van der Waals surface area contributed by atoms with Crippen molar-refractivity contribution < 1.29 is 57.2 Å². The number of rotatable bonds is 26. The van der Waals surface area contributed by atoms with Crippen LogP contribution < -0.4 is 21.3 Å². The summed E-state index contributed by atoms with van der Waals surface area (Å²) in [5.74, 6) is -2.99. The van der Waals surface area contributed by atoms with E-state index < -0.39 is 35.7 Å².